The second-order valence-corrected chi connectivity index (χ2v) is 5.46. The summed E-state index contributed by atoms with van der Waals surface area (Å²) in [6.07, 6.45) is 3.06. The first-order chi connectivity index (χ1) is 10.2. The maximum absolute atomic E-state index is 12.2. The molecular formula is C14H10IN5O. The van der Waals surface area contributed by atoms with Gasteiger partial charge in [-0.2, -0.15) is 0 Å². The fourth-order valence-corrected chi connectivity index (χ4v) is 2.10. The Morgan fingerprint density at radius 1 is 1.05 bits per heavy atom. The van der Waals surface area contributed by atoms with E-state index in [-0.39, 0.29) is 5.91 Å². The summed E-state index contributed by atoms with van der Waals surface area (Å²) in [6, 6.07) is 12.8. The van der Waals surface area contributed by atoms with Crippen molar-refractivity contribution in [3.05, 3.63) is 64.4 Å². The van der Waals surface area contributed by atoms with Gasteiger partial charge in [0.05, 0.1) is 0 Å². The average Bonchev–Trinajstić information content (AvgIpc) is 3.04. The molecule has 6 nitrogen and oxygen atoms in total. The Balaban J connectivity index is 1.81. The first-order valence-corrected chi connectivity index (χ1v) is 7.19. The predicted octanol–water partition coefficient (Wildman–Crippen LogP) is 2.52. The van der Waals surface area contributed by atoms with Crippen molar-refractivity contribution in [2.75, 3.05) is 5.32 Å². The van der Waals surface area contributed by atoms with Crippen molar-refractivity contribution in [2.24, 2.45) is 0 Å². The van der Waals surface area contributed by atoms with Gasteiger partial charge >= 0.3 is 0 Å². The molecule has 1 amide bonds. The van der Waals surface area contributed by atoms with E-state index in [0.29, 0.717) is 11.5 Å². The van der Waals surface area contributed by atoms with Gasteiger partial charge in [-0.1, -0.05) is 6.07 Å². The summed E-state index contributed by atoms with van der Waals surface area (Å²) in [5, 5.41) is 10.3. The largest absolute Gasteiger partial charge is 0.321 e. The number of carbonyl (C=O) groups is 1. The molecule has 0 unspecified atom stereocenters. The topological polar surface area (TPSA) is 72.7 Å². The number of nitrogens with one attached hydrogen (secondary N) is 1. The molecule has 0 bridgehead atoms. The monoisotopic (exact) mass is 391 g/mol. The van der Waals surface area contributed by atoms with Crippen molar-refractivity contribution < 1.29 is 4.79 Å². The van der Waals surface area contributed by atoms with E-state index in [0.717, 1.165) is 9.26 Å². The Labute approximate surface area is 134 Å². The van der Waals surface area contributed by atoms with Gasteiger partial charge in [-0.25, -0.2) is 4.98 Å². The van der Waals surface area contributed by atoms with Crippen LogP contribution in [0.4, 0.5) is 5.69 Å². The zero-order chi connectivity index (χ0) is 14.7. The highest BCUT2D eigenvalue weighted by Crippen LogP contribution is 2.12. The van der Waals surface area contributed by atoms with Crippen LogP contribution >= 0.6 is 22.6 Å². The van der Waals surface area contributed by atoms with Crippen molar-refractivity contribution in [2.45, 2.75) is 0 Å². The van der Waals surface area contributed by atoms with Crippen LogP contribution in [0.15, 0.2) is 55.1 Å². The summed E-state index contributed by atoms with van der Waals surface area (Å²) >= 11 is 2.21. The molecule has 0 aliphatic heterocycles. The van der Waals surface area contributed by atoms with Crippen LogP contribution in [0.3, 0.4) is 0 Å². The standard InChI is InChI=1S/C14H10IN5O/c15-10-4-6-11(7-5-10)18-14(21)12-2-1-3-13(19-12)20-8-16-17-9-20/h1-9H,(H,18,21). The van der Waals surface area contributed by atoms with Crippen LogP contribution in [0.5, 0.6) is 0 Å². The van der Waals surface area contributed by atoms with Crippen molar-refractivity contribution >= 4 is 34.2 Å². The minimum absolute atomic E-state index is 0.258. The van der Waals surface area contributed by atoms with E-state index >= 15 is 0 Å². The van der Waals surface area contributed by atoms with Crippen LogP contribution in [0.25, 0.3) is 5.82 Å². The lowest BCUT2D eigenvalue weighted by atomic mass is 10.3. The Morgan fingerprint density at radius 3 is 2.48 bits per heavy atom. The van der Waals surface area contributed by atoms with Crippen molar-refractivity contribution in [3.63, 3.8) is 0 Å². The molecule has 21 heavy (non-hydrogen) atoms. The van der Waals surface area contributed by atoms with Crippen LogP contribution < -0.4 is 5.32 Å². The summed E-state index contributed by atoms with van der Waals surface area (Å²) < 4.78 is 2.75. The third-order valence-corrected chi connectivity index (χ3v) is 3.47. The van der Waals surface area contributed by atoms with Gasteiger partial charge in [-0.3, -0.25) is 9.36 Å². The molecule has 0 radical (unpaired) electrons. The van der Waals surface area contributed by atoms with Gasteiger partial charge in [0.25, 0.3) is 5.91 Å². The Bertz CT molecular complexity index is 755. The molecule has 2 heterocycles. The number of hydrogen-bond acceptors (Lipinski definition) is 4. The number of amides is 1. The van der Waals surface area contributed by atoms with E-state index in [1.807, 2.05) is 24.3 Å². The molecular weight excluding hydrogens is 381 g/mol. The first kappa shape index (κ1) is 13.7. The molecule has 3 rings (SSSR count). The summed E-state index contributed by atoms with van der Waals surface area (Å²) in [6.45, 7) is 0. The van der Waals surface area contributed by atoms with E-state index < -0.39 is 0 Å². The molecule has 104 valence electrons. The highest BCUT2D eigenvalue weighted by molar-refractivity contribution is 14.1. The second kappa shape index (κ2) is 6.00. The van der Waals surface area contributed by atoms with Gasteiger partial charge in [-0.05, 0) is 59.0 Å². The molecule has 0 saturated heterocycles. The van der Waals surface area contributed by atoms with E-state index in [4.69, 9.17) is 0 Å². The lowest BCUT2D eigenvalue weighted by molar-refractivity contribution is 0.102. The van der Waals surface area contributed by atoms with Crippen LogP contribution in [0.2, 0.25) is 0 Å². The molecule has 0 aliphatic carbocycles. The fraction of sp³-hybridized carbons (Fsp3) is 0. The van der Waals surface area contributed by atoms with E-state index in [1.165, 1.54) is 12.7 Å². The van der Waals surface area contributed by atoms with E-state index in [1.54, 1.807) is 22.8 Å². The minimum Gasteiger partial charge on any atom is -0.321 e. The minimum atomic E-state index is -0.258. The zero-order valence-corrected chi connectivity index (χ0v) is 12.9. The summed E-state index contributed by atoms with van der Waals surface area (Å²) in [5.41, 5.74) is 1.07. The van der Waals surface area contributed by atoms with Crippen LogP contribution in [0.1, 0.15) is 10.5 Å². The van der Waals surface area contributed by atoms with E-state index in [9.17, 15) is 4.79 Å². The van der Waals surface area contributed by atoms with Crippen molar-refractivity contribution in [1.82, 2.24) is 19.7 Å². The molecule has 0 aliphatic rings. The molecule has 3 aromatic rings. The maximum atomic E-state index is 12.2. The van der Waals surface area contributed by atoms with Gasteiger partial charge in [0, 0.05) is 9.26 Å². The number of rotatable bonds is 3. The molecule has 1 N–H and O–H groups in total. The number of pyridine rings is 1. The van der Waals surface area contributed by atoms with Crippen LogP contribution in [-0.2, 0) is 0 Å². The molecule has 1 aromatic carbocycles. The van der Waals surface area contributed by atoms with Gasteiger partial charge in [0.2, 0.25) is 0 Å². The van der Waals surface area contributed by atoms with Crippen molar-refractivity contribution in [3.8, 4) is 5.82 Å². The molecule has 2 aromatic heterocycles. The summed E-state index contributed by atoms with van der Waals surface area (Å²) in [4.78, 5) is 16.5. The maximum Gasteiger partial charge on any atom is 0.274 e. The Hall–Kier alpha value is -2.29. The van der Waals surface area contributed by atoms with Gasteiger partial charge in [0.1, 0.15) is 24.2 Å². The lowest BCUT2D eigenvalue weighted by Crippen LogP contribution is -2.14. The number of halogens is 1. The Kier molecular flexibility index (Phi) is 3.91. The molecule has 7 heteroatoms. The van der Waals surface area contributed by atoms with E-state index in [2.05, 4.69) is 43.1 Å². The highest BCUT2D eigenvalue weighted by atomic mass is 127. The Morgan fingerprint density at radius 2 is 1.76 bits per heavy atom. The third-order valence-electron chi connectivity index (χ3n) is 2.75. The quantitative estimate of drug-likeness (QED) is 0.697. The summed E-state index contributed by atoms with van der Waals surface area (Å²) in [5.74, 6) is 0.335. The molecule has 0 spiro atoms. The SMILES string of the molecule is O=C(Nc1ccc(I)cc1)c1cccc(-n2cnnc2)n1. The third kappa shape index (κ3) is 3.24. The number of nitrogens with zero attached hydrogens (tertiary/aromatic N) is 4. The van der Waals surface area contributed by atoms with Crippen LogP contribution in [-0.4, -0.2) is 25.7 Å². The molecule has 0 atom stereocenters. The van der Waals surface area contributed by atoms with Gasteiger partial charge in [-0.15, -0.1) is 10.2 Å². The first-order valence-electron chi connectivity index (χ1n) is 6.11. The van der Waals surface area contributed by atoms with Crippen molar-refractivity contribution in [1.29, 1.82) is 0 Å². The van der Waals surface area contributed by atoms with Crippen LogP contribution in [0, 0.1) is 3.57 Å². The van der Waals surface area contributed by atoms with Gasteiger partial charge in [0.15, 0.2) is 0 Å². The highest BCUT2D eigenvalue weighted by Gasteiger charge is 2.09. The number of anilines is 1. The molecule has 0 saturated carbocycles. The second-order valence-electron chi connectivity index (χ2n) is 4.21. The summed E-state index contributed by atoms with van der Waals surface area (Å²) in [7, 11) is 0. The number of benzene rings is 1. The fourth-order valence-electron chi connectivity index (χ4n) is 1.74. The number of carbonyl (C=O) groups excluding carboxylic acids is 1. The predicted molar refractivity (Wildman–Crippen MR) is 86.3 cm³/mol. The van der Waals surface area contributed by atoms with Gasteiger partial charge < -0.3 is 5.32 Å². The number of hydrogen-bond donors (Lipinski definition) is 1. The zero-order valence-electron chi connectivity index (χ0n) is 10.8. The number of aromatic nitrogens is 4. The molecule has 0 fully saturated rings. The smallest absolute Gasteiger partial charge is 0.274 e. The normalized spacial score (nSPS) is 10.3. The lowest BCUT2D eigenvalue weighted by Gasteiger charge is -2.06. The average molecular weight is 391 g/mol.